The van der Waals surface area contributed by atoms with E-state index < -0.39 is 6.10 Å². The molecule has 0 amide bonds. The highest BCUT2D eigenvalue weighted by Crippen LogP contribution is 2.20. The molecule has 0 aliphatic carbocycles. The van der Waals surface area contributed by atoms with E-state index in [-0.39, 0.29) is 0 Å². The maximum absolute atomic E-state index is 9.99. The molecule has 1 N–H and O–H groups in total. The van der Waals surface area contributed by atoms with Crippen LogP contribution in [0, 0.1) is 0 Å². The van der Waals surface area contributed by atoms with Gasteiger partial charge in [0.15, 0.2) is 0 Å². The van der Waals surface area contributed by atoms with Crippen LogP contribution in [0.4, 0.5) is 0 Å². The third kappa shape index (κ3) is 5.95. The average molecular weight is 352 g/mol. The first-order valence-corrected chi connectivity index (χ1v) is 9.19. The van der Waals surface area contributed by atoms with Crippen molar-refractivity contribution >= 4 is 0 Å². The van der Waals surface area contributed by atoms with Crippen molar-refractivity contribution in [3.05, 3.63) is 144 Å². The van der Waals surface area contributed by atoms with E-state index in [1.54, 1.807) is 0 Å². The van der Waals surface area contributed by atoms with E-state index in [0.29, 0.717) is 0 Å². The third-order valence-electron chi connectivity index (χ3n) is 4.32. The first-order valence-electron chi connectivity index (χ1n) is 9.19. The van der Waals surface area contributed by atoms with Crippen LogP contribution < -0.4 is 0 Å². The molecule has 0 bridgehead atoms. The Kier molecular flexibility index (Phi) is 6.97. The number of aliphatic hydroxyl groups excluding tert-OH is 1. The van der Waals surface area contributed by atoms with E-state index in [4.69, 9.17) is 0 Å². The number of rotatable bonds is 4. The molecule has 0 aromatic heterocycles. The first kappa shape index (κ1) is 18.6. The van der Waals surface area contributed by atoms with E-state index in [1.165, 1.54) is 11.1 Å². The number of hydrogen-bond acceptors (Lipinski definition) is 1. The van der Waals surface area contributed by atoms with Crippen molar-refractivity contribution in [3.8, 4) is 0 Å². The van der Waals surface area contributed by atoms with Gasteiger partial charge in [0, 0.05) is 0 Å². The van der Waals surface area contributed by atoms with Gasteiger partial charge in [0.2, 0.25) is 0 Å². The fourth-order valence-electron chi connectivity index (χ4n) is 2.89. The summed E-state index contributed by atoms with van der Waals surface area (Å²) in [6.07, 6.45) is 0.513. The largest absolute Gasteiger partial charge is 0.384 e. The normalized spacial score (nSPS) is 10.1. The summed E-state index contributed by atoms with van der Waals surface area (Å²) >= 11 is 0. The second-order valence-electron chi connectivity index (χ2n) is 6.37. The molecule has 0 heterocycles. The molecule has 4 aromatic carbocycles. The molecule has 0 saturated carbocycles. The molecule has 0 aliphatic heterocycles. The Hall–Kier alpha value is -3.16. The van der Waals surface area contributed by atoms with Gasteiger partial charge in [-0.25, -0.2) is 0 Å². The zero-order valence-electron chi connectivity index (χ0n) is 15.3. The molecule has 27 heavy (non-hydrogen) atoms. The van der Waals surface area contributed by atoms with Crippen molar-refractivity contribution in [2.24, 2.45) is 0 Å². The van der Waals surface area contributed by atoms with Gasteiger partial charge in [-0.2, -0.15) is 0 Å². The summed E-state index contributed by atoms with van der Waals surface area (Å²) in [6, 6.07) is 40.4. The summed E-state index contributed by atoms with van der Waals surface area (Å²) in [6.45, 7) is 0. The molecule has 0 spiro atoms. The van der Waals surface area contributed by atoms with E-state index in [0.717, 1.165) is 17.5 Å². The Morgan fingerprint density at radius 3 is 1.07 bits per heavy atom. The summed E-state index contributed by atoms with van der Waals surface area (Å²) in [5, 5.41) is 9.99. The van der Waals surface area contributed by atoms with E-state index >= 15 is 0 Å². The lowest BCUT2D eigenvalue weighted by Crippen LogP contribution is -1.98. The Labute approximate surface area is 161 Å². The zero-order valence-corrected chi connectivity index (χ0v) is 15.3. The molecule has 0 aliphatic rings. The van der Waals surface area contributed by atoms with Crippen LogP contribution in [0.5, 0.6) is 0 Å². The van der Waals surface area contributed by atoms with Gasteiger partial charge in [-0.05, 0) is 28.7 Å². The summed E-state index contributed by atoms with van der Waals surface area (Å²) in [4.78, 5) is 0. The molecule has 4 aromatic rings. The minimum absolute atomic E-state index is 0.516. The predicted molar refractivity (Wildman–Crippen MR) is 113 cm³/mol. The lowest BCUT2D eigenvalue weighted by atomic mass is 10.0. The van der Waals surface area contributed by atoms with Crippen LogP contribution >= 0.6 is 0 Å². The SMILES string of the molecule is OC(c1ccccc1)c1ccccc1.c1ccc(Cc2ccccc2)cc1. The van der Waals surface area contributed by atoms with Crippen LogP contribution in [0.2, 0.25) is 0 Å². The van der Waals surface area contributed by atoms with Gasteiger partial charge in [0.05, 0.1) is 0 Å². The van der Waals surface area contributed by atoms with Crippen LogP contribution in [0.15, 0.2) is 121 Å². The second kappa shape index (κ2) is 10.1. The first-order chi connectivity index (χ1) is 13.3. The monoisotopic (exact) mass is 352 g/mol. The second-order valence-corrected chi connectivity index (χ2v) is 6.37. The molecular weight excluding hydrogens is 328 g/mol. The van der Waals surface area contributed by atoms with Crippen molar-refractivity contribution in [2.45, 2.75) is 12.5 Å². The van der Waals surface area contributed by atoms with Crippen molar-refractivity contribution in [1.82, 2.24) is 0 Å². The molecule has 4 rings (SSSR count). The molecule has 1 heteroatoms. The molecule has 0 fully saturated rings. The molecule has 0 radical (unpaired) electrons. The number of aliphatic hydroxyl groups is 1. The van der Waals surface area contributed by atoms with Gasteiger partial charge in [-0.3, -0.25) is 0 Å². The summed E-state index contributed by atoms with van der Waals surface area (Å²) in [7, 11) is 0. The molecule has 0 saturated heterocycles. The maximum atomic E-state index is 9.99. The summed E-state index contributed by atoms with van der Waals surface area (Å²) in [5.41, 5.74) is 4.60. The molecular formula is C26H24O. The quantitative estimate of drug-likeness (QED) is 0.474. The van der Waals surface area contributed by atoms with Gasteiger partial charge in [0.1, 0.15) is 6.10 Å². The Bertz CT molecular complexity index is 811. The lowest BCUT2D eigenvalue weighted by Gasteiger charge is -2.10. The highest BCUT2D eigenvalue weighted by molar-refractivity contribution is 5.29. The highest BCUT2D eigenvalue weighted by Gasteiger charge is 2.07. The minimum atomic E-state index is -0.516. The fraction of sp³-hybridized carbons (Fsp3) is 0.0769. The average Bonchev–Trinajstić information content (AvgIpc) is 2.76. The van der Waals surface area contributed by atoms with Crippen molar-refractivity contribution in [1.29, 1.82) is 0 Å². The molecule has 134 valence electrons. The van der Waals surface area contributed by atoms with E-state index in [1.807, 2.05) is 60.7 Å². The van der Waals surface area contributed by atoms with Gasteiger partial charge in [-0.1, -0.05) is 121 Å². The van der Waals surface area contributed by atoms with Crippen molar-refractivity contribution in [2.75, 3.05) is 0 Å². The van der Waals surface area contributed by atoms with Gasteiger partial charge >= 0.3 is 0 Å². The van der Waals surface area contributed by atoms with Gasteiger partial charge < -0.3 is 5.11 Å². The van der Waals surface area contributed by atoms with Crippen LogP contribution in [0.25, 0.3) is 0 Å². The standard InChI is InChI=1S/C13H12O.C13H12/c14-13(11-7-3-1-4-8-11)12-9-5-2-6-10-12;1-3-7-12(8-4-1)11-13-9-5-2-6-10-13/h1-10,13-14H;1-10H,11H2. The minimum Gasteiger partial charge on any atom is -0.384 e. The Morgan fingerprint density at radius 2 is 0.741 bits per heavy atom. The number of benzene rings is 4. The van der Waals surface area contributed by atoms with E-state index in [2.05, 4.69) is 60.7 Å². The Balaban J connectivity index is 0.000000156. The van der Waals surface area contributed by atoms with Gasteiger partial charge in [0.25, 0.3) is 0 Å². The topological polar surface area (TPSA) is 20.2 Å². The Morgan fingerprint density at radius 1 is 0.444 bits per heavy atom. The smallest absolute Gasteiger partial charge is 0.104 e. The van der Waals surface area contributed by atoms with Crippen LogP contribution in [-0.4, -0.2) is 5.11 Å². The van der Waals surface area contributed by atoms with Crippen LogP contribution in [0.3, 0.4) is 0 Å². The van der Waals surface area contributed by atoms with E-state index in [9.17, 15) is 5.11 Å². The molecule has 1 nitrogen and oxygen atoms in total. The highest BCUT2D eigenvalue weighted by atomic mass is 16.3. The predicted octanol–water partition coefficient (Wildman–Crippen LogP) is 6.05. The summed E-state index contributed by atoms with van der Waals surface area (Å²) in [5.74, 6) is 0. The zero-order chi connectivity index (χ0) is 18.7. The van der Waals surface area contributed by atoms with Crippen LogP contribution in [0.1, 0.15) is 28.4 Å². The molecule has 0 unspecified atom stereocenters. The fourth-order valence-corrected chi connectivity index (χ4v) is 2.89. The summed E-state index contributed by atoms with van der Waals surface area (Å²) < 4.78 is 0. The van der Waals surface area contributed by atoms with Crippen LogP contribution in [-0.2, 0) is 6.42 Å². The maximum Gasteiger partial charge on any atom is 0.104 e. The van der Waals surface area contributed by atoms with Crippen molar-refractivity contribution < 1.29 is 5.11 Å². The lowest BCUT2D eigenvalue weighted by molar-refractivity contribution is 0.220. The van der Waals surface area contributed by atoms with Crippen molar-refractivity contribution in [3.63, 3.8) is 0 Å². The number of hydrogen-bond donors (Lipinski definition) is 1. The molecule has 0 atom stereocenters. The third-order valence-corrected chi connectivity index (χ3v) is 4.32. The van der Waals surface area contributed by atoms with Gasteiger partial charge in [-0.15, -0.1) is 0 Å².